The lowest BCUT2D eigenvalue weighted by Gasteiger charge is -2.39. The van der Waals surface area contributed by atoms with Crippen LogP contribution < -0.4 is 18.9 Å². The normalized spacial score (nSPS) is 24.0. The van der Waals surface area contributed by atoms with E-state index in [1.54, 1.807) is 40.6 Å². The van der Waals surface area contributed by atoms with E-state index in [2.05, 4.69) is 6.08 Å². The first-order valence-electron chi connectivity index (χ1n) is 19.1. The maximum atomic E-state index is 16.0. The minimum atomic E-state index is -3.45. The molecule has 0 saturated heterocycles. The number of methoxy groups -OCH3 is 4. The molecule has 9 nitrogen and oxygen atoms in total. The van der Waals surface area contributed by atoms with Crippen LogP contribution in [0.2, 0.25) is 0 Å². The summed E-state index contributed by atoms with van der Waals surface area (Å²) >= 11 is 0. The zero-order valence-electron chi connectivity index (χ0n) is 34.7. The van der Waals surface area contributed by atoms with Gasteiger partial charge in [-0.15, -0.1) is 0 Å². The van der Waals surface area contributed by atoms with Crippen molar-refractivity contribution in [3.8, 4) is 23.0 Å². The second kappa shape index (κ2) is 16.5. The monoisotopic (exact) mass is 810 g/mol. The predicted molar refractivity (Wildman–Crippen MR) is 229 cm³/mol. The Kier molecular flexibility index (Phi) is 12.1. The standard InChI is InChI=1S/C46H54N2O7S2/c1-27(2)22-36-34-25-39(52-8)43(54-10)30(6)41(34)47-56(50,32-18-14-12-15-19-32)45(36)29(5)24-38(49)46-37(23-28(3)4)35-26-40(53-9)44(55-11)31(7)42(35)48-57(46,51)33-20-16-13-17-21-33/h12-23,25-26,29,36-37,45-46H,24H2,1-11H3/t29-,36+,37+,45-,46+,56-,57-/m1/s1. The van der Waals surface area contributed by atoms with Gasteiger partial charge in [-0.2, -0.15) is 8.73 Å². The molecule has 0 fully saturated rings. The molecule has 2 aliphatic heterocycles. The number of fused-ring (bicyclic) bond motifs is 2. The molecular weight excluding hydrogens is 757 g/mol. The molecule has 0 saturated carbocycles. The van der Waals surface area contributed by atoms with Crippen LogP contribution in [-0.4, -0.2) is 53.1 Å². The Balaban J connectivity index is 1.59. The molecular formula is C46H54N2O7S2. The van der Waals surface area contributed by atoms with E-state index in [1.165, 1.54) is 0 Å². The van der Waals surface area contributed by atoms with Crippen LogP contribution in [-0.2, 0) is 24.3 Å². The molecule has 0 radical (unpaired) electrons. The Labute approximate surface area is 338 Å². The lowest BCUT2D eigenvalue weighted by molar-refractivity contribution is -0.119. The molecule has 0 bridgehead atoms. The molecule has 0 aromatic heterocycles. The molecule has 0 N–H and O–H groups in total. The van der Waals surface area contributed by atoms with E-state index in [-0.39, 0.29) is 12.2 Å². The van der Waals surface area contributed by atoms with E-state index >= 15 is 13.2 Å². The molecule has 2 aliphatic rings. The third kappa shape index (κ3) is 7.40. The quantitative estimate of drug-likeness (QED) is 0.131. The maximum Gasteiger partial charge on any atom is 0.165 e. The number of hydrogen-bond donors (Lipinski definition) is 0. The van der Waals surface area contributed by atoms with Crippen molar-refractivity contribution >= 4 is 36.6 Å². The molecule has 302 valence electrons. The molecule has 6 rings (SSSR count). The van der Waals surface area contributed by atoms with Crippen LogP contribution in [0.4, 0.5) is 11.4 Å². The van der Waals surface area contributed by atoms with E-state index in [9.17, 15) is 0 Å². The largest absolute Gasteiger partial charge is 0.493 e. The average Bonchev–Trinajstić information content (AvgIpc) is 3.18. The SMILES string of the molecule is COc1cc2c(c(C)c1OC)N=[S@@](=O)(c1ccccc1)[C@H]([C@H](C)CC(=O)[C@@H]1[C@@H](C=C(C)C)c3cc(OC)c(OC)c(C)c3N=[S@@]1(=O)c1ccccc1)[C@H]2C=C(C)C. The van der Waals surface area contributed by atoms with Crippen LogP contribution in [0.15, 0.2) is 115 Å². The van der Waals surface area contributed by atoms with Crippen molar-refractivity contribution < 1.29 is 32.2 Å². The number of carbonyl (C=O) groups excluding carboxylic acids is 1. The van der Waals surface area contributed by atoms with Gasteiger partial charge < -0.3 is 18.9 Å². The van der Waals surface area contributed by atoms with E-state index in [0.29, 0.717) is 49.7 Å². The van der Waals surface area contributed by atoms with Crippen molar-refractivity contribution in [3.05, 3.63) is 118 Å². The van der Waals surface area contributed by atoms with Gasteiger partial charge >= 0.3 is 0 Å². The molecule has 57 heavy (non-hydrogen) atoms. The third-order valence-corrected chi connectivity index (χ3v) is 16.5. The van der Waals surface area contributed by atoms with Gasteiger partial charge in [-0.25, -0.2) is 8.42 Å². The summed E-state index contributed by atoms with van der Waals surface area (Å²) in [7, 11) is -0.380. The highest BCUT2D eigenvalue weighted by atomic mass is 32.2. The molecule has 0 spiro atoms. The number of allylic oxidation sites excluding steroid dienone is 4. The summed E-state index contributed by atoms with van der Waals surface area (Å²) in [6, 6.07) is 22.2. The van der Waals surface area contributed by atoms with Gasteiger partial charge in [-0.1, -0.05) is 66.6 Å². The third-order valence-electron chi connectivity index (χ3n) is 11.0. The van der Waals surface area contributed by atoms with Gasteiger partial charge in [0.15, 0.2) is 28.8 Å². The molecule has 0 amide bonds. The second-order valence-corrected chi connectivity index (χ2v) is 20.0. The Morgan fingerprint density at radius 1 is 0.667 bits per heavy atom. The summed E-state index contributed by atoms with van der Waals surface area (Å²) in [4.78, 5) is 16.5. The fourth-order valence-corrected chi connectivity index (χ4v) is 14.2. The van der Waals surface area contributed by atoms with Crippen LogP contribution in [0, 0.1) is 19.8 Å². The first kappa shape index (κ1) is 41.8. The lowest BCUT2D eigenvalue weighted by atomic mass is 9.81. The Morgan fingerprint density at radius 3 is 1.53 bits per heavy atom. The molecule has 7 atom stereocenters. The van der Waals surface area contributed by atoms with Crippen molar-refractivity contribution in [2.75, 3.05) is 28.4 Å². The zero-order valence-corrected chi connectivity index (χ0v) is 36.4. The number of ether oxygens (including phenoxy) is 4. The predicted octanol–water partition coefficient (Wildman–Crippen LogP) is 10.8. The maximum absolute atomic E-state index is 16.0. The van der Waals surface area contributed by atoms with Crippen molar-refractivity contribution in [3.63, 3.8) is 0 Å². The number of hydrogen-bond acceptors (Lipinski definition) is 9. The van der Waals surface area contributed by atoms with Gasteiger partial charge in [0, 0.05) is 39.2 Å². The number of Topliss-reactive ketones (excluding diaryl/α,β-unsaturated/α-hetero) is 1. The Morgan fingerprint density at radius 2 is 1.09 bits per heavy atom. The van der Waals surface area contributed by atoms with Crippen molar-refractivity contribution in [2.45, 2.75) is 87.0 Å². The van der Waals surface area contributed by atoms with E-state index in [4.69, 9.17) is 27.7 Å². The van der Waals surface area contributed by atoms with Gasteiger partial charge in [0.05, 0.1) is 64.5 Å². The molecule has 4 aromatic rings. The summed E-state index contributed by atoms with van der Waals surface area (Å²) in [5.41, 5.74) is 6.09. The number of benzene rings is 4. The minimum absolute atomic E-state index is 0.0303. The van der Waals surface area contributed by atoms with Gasteiger partial charge in [0.2, 0.25) is 0 Å². The van der Waals surface area contributed by atoms with E-state index < -0.39 is 47.7 Å². The van der Waals surface area contributed by atoms with Crippen LogP contribution in [0.1, 0.15) is 75.1 Å². The first-order valence-corrected chi connectivity index (χ1v) is 22.3. The smallest absolute Gasteiger partial charge is 0.165 e. The molecule has 4 aromatic carbocycles. The molecule has 0 aliphatic carbocycles. The molecule has 0 unspecified atom stereocenters. The Bertz CT molecular complexity index is 2500. The van der Waals surface area contributed by atoms with Gasteiger partial charge in [-0.3, -0.25) is 4.79 Å². The van der Waals surface area contributed by atoms with Gasteiger partial charge in [-0.05, 0) is 95.0 Å². The van der Waals surface area contributed by atoms with Crippen LogP contribution in [0.5, 0.6) is 23.0 Å². The Hall–Kier alpha value is -4.87. The molecule has 11 heteroatoms. The number of nitrogens with zero attached hydrogens (tertiary/aromatic N) is 2. The number of rotatable bonds is 12. The first-order chi connectivity index (χ1) is 27.1. The minimum Gasteiger partial charge on any atom is -0.493 e. The van der Waals surface area contributed by atoms with Gasteiger partial charge in [0.25, 0.3) is 0 Å². The topological polar surface area (TPSA) is 113 Å². The summed E-state index contributed by atoms with van der Waals surface area (Å²) < 4.78 is 65.2. The zero-order chi connectivity index (χ0) is 41.4. The average molecular weight is 811 g/mol. The van der Waals surface area contributed by atoms with Crippen molar-refractivity contribution in [1.82, 2.24) is 0 Å². The highest BCUT2D eigenvalue weighted by Gasteiger charge is 2.47. The molecule has 2 heterocycles. The summed E-state index contributed by atoms with van der Waals surface area (Å²) in [5.74, 6) is 0.299. The van der Waals surface area contributed by atoms with Crippen molar-refractivity contribution in [1.29, 1.82) is 0 Å². The summed E-state index contributed by atoms with van der Waals surface area (Å²) in [5, 5.41) is -1.73. The van der Waals surface area contributed by atoms with E-state index in [1.807, 2.05) is 115 Å². The van der Waals surface area contributed by atoms with Crippen LogP contribution in [0.25, 0.3) is 0 Å². The summed E-state index contributed by atoms with van der Waals surface area (Å²) in [6.45, 7) is 13.7. The number of carbonyl (C=O) groups is 1. The van der Waals surface area contributed by atoms with Gasteiger partial charge in [0.1, 0.15) is 5.25 Å². The van der Waals surface area contributed by atoms with Crippen LogP contribution in [0.3, 0.4) is 0 Å². The second-order valence-electron chi connectivity index (χ2n) is 15.4. The van der Waals surface area contributed by atoms with Crippen molar-refractivity contribution in [2.24, 2.45) is 14.6 Å². The fraction of sp³-hybridized carbons (Fsp3) is 0.370. The van der Waals surface area contributed by atoms with E-state index in [0.717, 1.165) is 27.8 Å². The fourth-order valence-electron chi connectivity index (χ4n) is 8.57. The highest BCUT2D eigenvalue weighted by molar-refractivity contribution is 7.95. The highest BCUT2D eigenvalue weighted by Crippen LogP contribution is 2.54. The number of ketones is 1. The lowest BCUT2D eigenvalue weighted by Crippen LogP contribution is -2.42. The summed E-state index contributed by atoms with van der Waals surface area (Å²) in [6.07, 6.45) is 4.11. The van der Waals surface area contributed by atoms with Crippen LogP contribution >= 0.6 is 0 Å².